The third kappa shape index (κ3) is 5.28. The molecule has 0 aliphatic carbocycles. The van der Waals surface area contributed by atoms with E-state index in [9.17, 15) is 14.4 Å². The largest absolute Gasteiger partial charge is 0.459 e. The number of amides is 3. The van der Waals surface area contributed by atoms with Crippen molar-refractivity contribution < 1.29 is 18.8 Å². The second-order valence-corrected chi connectivity index (χ2v) is 5.14. The maximum atomic E-state index is 11.8. The minimum Gasteiger partial charge on any atom is -0.459 e. The molecule has 0 radical (unpaired) electrons. The number of furan rings is 1. The SMILES string of the molecule is C[C@@H](NC(=O)CNC(=O)CNC(=O)c1ccco1)c1ccccc1. The van der Waals surface area contributed by atoms with Gasteiger partial charge in [0.25, 0.3) is 5.91 Å². The fourth-order valence-electron chi connectivity index (χ4n) is 2.01. The van der Waals surface area contributed by atoms with Crippen LogP contribution in [0.5, 0.6) is 0 Å². The molecule has 3 amide bonds. The zero-order valence-electron chi connectivity index (χ0n) is 13.2. The lowest BCUT2D eigenvalue weighted by molar-refractivity contribution is -0.125. The highest BCUT2D eigenvalue weighted by Crippen LogP contribution is 2.10. The maximum absolute atomic E-state index is 11.8. The van der Waals surface area contributed by atoms with Gasteiger partial charge in [-0.05, 0) is 24.6 Å². The van der Waals surface area contributed by atoms with Crippen molar-refractivity contribution in [3.63, 3.8) is 0 Å². The van der Waals surface area contributed by atoms with Crippen molar-refractivity contribution in [1.82, 2.24) is 16.0 Å². The lowest BCUT2D eigenvalue weighted by Gasteiger charge is -2.14. The number of hydrogen-bond donors (Lipinski definition) is 3. The molecule has 0 unspecified atom stereocenters. The van der Waals surface area contributed by atoms with Crippen molar-refractivity contribution in [3.8, 4) is 0 Å². The van der Waals surface area contributed by atoms with Gasteiger partial charge in [0.2, 0.25) is 11.8 Å². The van der Waals surface area contributed by atoms with Crippen molar-refractivity contribution in [2.45, 2.75) is 13.0 Å². The highest BCUT2D eigenvalue weighted by atomic mass is 16.3. The standard InChI is InChI=1S/C17H19N3O4/c1-12(13-6-3-2-4-7-13)20-16(22)11-18-15(21)10-19-17(23)14-8-5-9-24-14/h2-9,12H,10-11H2,1H3,(H,18,21)(H,19,23)(H,20,22)/t12-/m1/s1. The summed E-state index contributed by atoms with van der Waals surface area (Å²) in [6, 6.07) is 12.4. The summed E-state index contributed by atoms with van der Waals surface area (Å²) < 4.78 is 4.90. The molecule has 0 saturated heterocycles. The first-order valence-electron chi connectivity index (χ1n) is 7.49. The molecule has 0 bridgehead atoms. The van der Waals surface area contributed by atoms with E-state index in [1.165, 1.54) is 12.3 Å². The van der Waals surface area contributed by atoms with Crippen LogP contribution >= 0.6 is 0 Å². The molecule has 2 rings (SSSR count). The first-order valence-corrected chi connectivity index (χ1v) is 7.49. The Hall–Kier alpha value is -3.09. The Bertz CT molecular complexity index is 683. The van der Waals surface area contributed by atoms with E-state index in [1.54, 1.807) is 6.07 Å². The van der Waals surface area contributed by atoms with Crippen molar-refractivity contribution >= 4 is 17.7 Å². The van der Waals surface area contributed by atoms with Gasteiger partial charge in [-0.25, -0.2) is 0 Å². The summed E-state index contributed by atoms with van der Waals surface area (Å²) in [5.74, 6) is -1.14. The maximum Gasteiger partial charge on any atom is 0.287 e. The molecule has 1 aromatic heterocycles. The van der Waals surface area contributed by atoms with E-state index in [0.29, 0.717) is 0 Å². The Morgan fingerprint density at radius 3 is 2.33 bits per heavy atom. The molecule has 0 aliphatic rings. The van der Waals surface area contributed by atoms with Crippen LogP contribution in [-0.4, -0.2) is 30.8 Å². The third-order valence-corrected chi connectivity index (χ3v) is 3.28. The summed E-state index contributed by atoms with van der Waals surface area (Å²) in [4.78, 5) is 35.1. The minimum atomic E-state index is -0.489. The summed E-state index contributed by atoms with van der Waals surface area (Å²) in [7, 11) is 0. The topological polar surface area (TPSA) is 100 Å². The molecule has 24 heavy (non-hydrogen) atoms. The van der Waals surface area contributed by atoms with E-state index in [4.69, 9.17) is 4.42 Å². The summed E-state index contributed by atoms with van der Waals surface area (Å²) in [6.07, 6.45) is 1.37. The first-order chi connectivity index (χ1) is 11.6. The van der Waals surface area contributed by atoms with E-state index >= 15 is 0 Å². The number of nitrogens with one attached hydrogen (secondary N) is 3. The van der Waals surface area contributed by atoms with Crippen LogP contribution in [0, 0.1) is 0 Å². The van der Waals surface area contributed by atoms with Crippen LogP contribution < -0.4 is 16.0 Å². The molecular weight excluding hydrogens is 310 g/mol. The van der Waals surface area contributed by atoms with Crippen molar-refractivity contribution in [3.05, 3.63) is 60.1 Å². The molecule has 3 N–H and O–H groups in total. The van der Waals surface area contributed by atoms with Gasteiger partial charge in [-0.15, -0.1) is 0 Å². The minimum absolute atomic E-state index is 0.122. The second-order valence-electron chi connectivity index (χ2n) is 5.14. The van der Waals surface area contributed by atoms with E-state index in [-0.39, 0.29) is 30.8 Å². The van der Waals surface area contributed by atoms with Gasteiger partial charge in [-0.1, -0.05) is 30.3 Å². The lowest BCUT2D eigenvalue weighted by atomic mass is 10.1. The average molecular weight is 329 g/mol. The molecule has 1 aromatic carbocycles. The quantitative estimate of drug-likeness (QED) is 0.705. The molecule has 7 heteroatoms. The van der Waals surface area contributed by atoms with Crippen molar-refractivity contribution in [2.75, 3.05) is 13.1 Å². The van der Waals surface area contributed by atoms with Crippen LogP contribution in [0.4, 0.5) is 0 Å². The smallest absolute Gasteiger partial charge is 0.287 e. The zero-order chi connectivity index (χ0) is 17.4. The number of carbonyl (C=O) groups excluding carboxylic acids is 3. The fourth-order valence-corrected chi connectivity index (χ4v) is 2.01. The van der Waals surface area contributed by atoms with Gasteiger partial charge in [-0.2, -0.15) is 0 Å². The lowest BCUT2D eigenvalue weighted by Crippen LogP contribution is -2.42. The zero-order valence-corrected chi connectivity index (χ0v) is 13.2. The average Bonchev–Trinajstić information content (AvgIpc) is 3.13. The summed E-state index contributed by atoms with van der Waals surface area (Å²) in [5.41, 5.74) is 0.975. The second kappa shape index (κ2) is 8.52. The number of carbonyl (C=O) groups is 3. The van der Waals surface area contributed by atoms with Gasteiger partial charge in [0.1, 0.15) is 0 Å². The van der Waals surface area contributed by atoms with Crippen LogP contribution in [0.25, 0.3) is 0 Å². The van der Waals surface area contributed by atoms with Crippen LogP contribution in [-0.2, 0) is 9.59 Å². The van der Waals surface area contributed by atoms with Crippen LogP contribution in [0.2, 0.25) is 0 Å². The van der Waals surface area contributed by atoms with E-state index in [2.05, 4.69) is 16.0 Å². The van der Waals surface area contributed by atoms with Gasteiger partial charge in [-0.3, -0.25) is 14.4 Å². The number of rotatable bonds is 7. The van der Waals surface area contributed by atoms with Gasteiger partial charge < -0.3 is 20.4 Å². The monoisotopic (exact) mass is 329 g/mol. The van der Waals surface area contributed by atoms with Gasteiger partial charge in [0, 0.05) is 0 Å². The predicted molar refractivity (Wildman–Crippen MR) is 87.1 cm³/mol. The number of benzene rings is 1. The van der Waals surface area contributed by atoms with Gasteiger partial charge in [0.15, 0.2) is 5.76 Å². The van der Waals surface area contributed by atoms with E-state index in [1.807, 2.05) is 37.3 Å². The Labute approximate surface area is 139 Å². The molecular formula is C17H19N3O4. The van der Waals surface area contributed by atoms with Crippen LogP contribution in [0.15, 0.2) is 53.1 Å². The van der Waals surface area contributed by atoms with E-state index < -0.39 is 11.8 Å². The Kier molecular flexibility index (Phi) is 6.13. The number of hydrogen-bond acceptors (Lipinski definition) is 4. The van der Waals surface area contributed by atoms with Crippen LogP contribution in [0.3, 0.4) is 0 Å². The Balaban J connectivity index is 1.67. The summed E-state index contributed by atoms with van der Waals surface area (Å²) in [6.45, 7) is 1.46. The normalized spacial score (nSPS) is 11.4. The van der Waals surface area contributed by atoms with Gasteiger partial charge in [0.05, 0.1) is 25.4 Å². The molecule has 0 fully saturated rings. The molecule has 1 atom stereocenters. The molecule has 126 valence electrons. The molecule has 0 saturated carbocycles. The molecule has 2 aromatic rings. The summed E-state index contributed by atoms with van der Waals surface area (Å²) in [5, 5.41) is 7.63. The highest BCUT2D eigenvalue weighted by Gasteiger charge is 2.12. The molecule has 0 spiro atoms. The Morgan fingerprint density at radius 1 is 0.958 bits per heavy atom. The fraction of sp³-hybridized carbons (Fsp3) is 0.235. The summed E-state index contributed by atoms with van der Waals surface area (Å²) >= 11 is 0. The van der Waals surface area contributed by atoms with Crippen LogP contribution in [0.1, 0.15) is 29.1 Å². The van der Waals surface area contributed by atoms with Gasteiger partial charge >= 0.3 is 0 Å². The third-order valence-electron chi connectivity index (χ3n) is 3.28. The molecule has 1 heterocycles. The Morgan fingerprint density at radius 2 is 1.67 bits per heavy atom. The first kappa shape index (κ1) is 17.3. The van der Waals surface area contributed by atoms with E-state index in [0.717, 1.165) is 5.56 Å². The van der Waals surface area contributed by atoms with Crippen molar-refractivity contribution in [1.29, 1.82) is 0 Å². The highest BCUT2D eigenvalue weighted by molar-refractivity contribution is 5.94. The van der Waals surface area contributed by atoms with Crippen molar-refractivity contribution in [2.24, 2.45) is 0 Å². The predicted octanol–water partition coefficient (Wildman–Crippen LogP) is 1.00. The molecule has 7 nitrogen and oxygen atoms in total. The molecule has 0 aliphatic heterocycles.